The maximum Gasteiger partial charge on any atom is 0.126 e. The van der Waals surface area contributed by atoms with Crippen molar-refractivity contribution in [1.82, 2.24) is 5.32 Å². The molecule has 0 aromatic heterocycles. The Morgan fingerprint density at radius 1 is 0.950 bits per heavy atom. The first-order valence-corrected chi connectivity index (χ1v) is 6.70. The van der Waals surface area contributed by atoms with Crippen molar-refractivity contribution in [1.29, 1.82) is 0 Å². The number of hydrogen-bond acceptors (Lipinski definition) is 1. The van der Waals surface area contributed by atoms with Gasteiger partial charge in [0.2, 0.25) is 0 Å². The van der Waals surface area contributed by atoms with Crippen LogP contribution in [0, 0.1) is 25.5 Å². The Bertz CT molecular complexity index is 620. The van der Waals surface area contributed by atoms with Gasteiger partial charge in [0.1, 0.15) is 11.6 Å². The van der Waals surface area contributed by atoms with Crippen molar-refractivity contribution in [2.45, 2.75) is 19.9 Å². The monoisotopic (exact) mass is 295 g/mol. The van der Waals surface area contributed by atoms with E-state index in [2.05, 4.69) is 5.32 Å². The van der Waals surface area contributed by atoms with Crippen LogP contribution in [0.3, 0.4) is 0 Å². The molecule has 0 spiro atoms. The lowest BCUT2D eigenvalue weighted by atomic mass is 9.93. The van der Waals surface area contributed by atoms with Crippen molar-refractivity contribution in [3.05, 3.63) is 69.2 Å². The van der Waals surface area contributed by atoms with E-state index in [9.17, 15) is 8.78 Å². The fourth-order valence-corrected chi connectivity index (χ4v) is 2.58. The third kappa shape index (κ3) is 3.00. The molecule has 0 aliphatic heterocycles. The second kappa shape index (κ2) is 5.90. The lowest BCUT2D eigenvalue weighted by molar-refractivity contribution is 0.571. The molecule has 0 aliphatic carbocycles. The first-order valence-electron chi connectivity index (χ1n) is 6.32. The molecule has 0 fully saturated rings. The predicted octanol–water partition coefficient (Wildman–Crippen LogP) is 4.54. The summed E-state index contributed by atoms with van der Waals surface area (Å²) in [5, 5.41) is 3.79. The molecule has 2 rings (SSSR count). The van der Waals surface area contributed by atoms with Crippen molar-refractivity contribution >= 4 is 11.6 Å². The van der Waals surface area contributed by atoms with E-state index in [4.69, 9.17) is 11.6 Å². The fraction of sp³-hybridized carbons (Fsp3) is 0.250. The van der Waals surface area contributed by atoms with E-state index in [1.807, 2.05) is 26.0 Å². The summed E-state index contributed by atoms with van der Waals surface area (Å²) in [6, 6.07) is 7.09. The van der Waals surface area contributed by atoms with Crippen LogP contribution in [-0.4, -0.2) is 7.05 Å². The molecule has 2 aromatic carbocycles. The third-order valence-corrected chi connectivity index (χ3v) is 3.77. The maximum atomic E-state index is 13.4. The van der Waals surface area contributed by atoms with Crippen LogP contribution in [0.2, 0.25) is 5.02 Å². The normalized spacial score (nSPS) is 12.5. The first kappa shape index (κ1) is 14.9. The van der Waals surface area contributed by atoms with Crippen LogP contribution in [0.15, 0.2) is 30.3 Å². The highest BCUT2D eigenvalue weighted by molar-refractivity contribution is 6.31. The number of hydrogen-bond donors (Lipinski definition) is 1. The summed E-state index contributed by atoms with van der Waals surface area (Å²) in [5.74, 6) is -1.16. The lowest BCUT2D eigenvalue weighted by Gasteiger charge is -2.21. The SMILES string of the molecule is CNC(c1cc(F)cc(F)c1)c1cc(C)c(Cl)cc1C. The topological polar surface area (TPSA) is 12.0 Å². The maximum absolute atomic E-state index is 13.4. The van der Waals surface area contributed by atoms with E-state index >= 15 is 0 Å². The number of nitrogens with one attached hydrogen (secondary N) is 1. The number of benzene rings is 2. The van der Waals surface area contributed by atoms with Crippen LogP contribution < -0.4 is 5.32 Å². The summed E-state index contributed by atoms with van der Waals surface area (Å²) in [4.78, 5) is 0. The average molecular weight is 296 g/mol. The minimum atomic E-state index is -0.580. The molecule has 1 atom stereocenters. The minimum absolute atomic E-state index is 0.281. The van der Waals surface area contributed by atoms with Crippen LogP contribution in [0.1, 0.15) is 28.3 Å². The second-order valence-electron chi connectivity index (χ2n) is 4.88. The molecule has 0 heterocycles. The summed E-state index contributed by atoms with van der Waals surface area (Å²) in [7, 11) is 1.76. The van der Waals surface area contributed by atoms with Gasteiger partial charge in [0.25, 0.3) is 0 Å². The van der Waals surface area contributed by atoms with Crippen LogP contribution >= 0.6 is 11.6 Å². The zero-order chi connectivity index (χ0) is 14.9. The molecular weight excluding hydrogens is 280 g/mol. The van der Waals surface area contributed by atoms with E-state index in [-0.39, 0.29) is 6.04 Å². The quantitative estimate of drug-likeness (QED) is 0.876. The van der Waals surface area contributed by atoms with Crippen LogP contribution in [0.25, 0.3) is 0 Å². The van der Waals surface area contributed by atoms with Gasteiger partial charge in [0.05, 0.1) is 6.04 Å². The van der Waals surface area contributed by atoms with E-state index in [1.165, 1.54) is 12.1 Å². The Balaban J connectivity index is 2.55. The van der Waals surface area contributed by atoms with Crippen molar-refractivity contribution in [2.75, 3.05) is 7.05 Å². The lowest BCUT2D eigenvalue weighted by Crippen LogP contribution is -2.19. The smallest absolute Gasteiger partial charge is 0.126 e. The van der Waals surface area contributed by atoms with Crippen LogP contribution in [0.5, 0.6) is 0 Å². The van der Waals surface area contributed by atoms with Gasteiger partial charge < -0.3 is 5.32 Å². The molecule has 4 heteroatoms. The molecule has 106 valence electrons. The van der Waals surface area contributed by atoms with Gasteiger partial charge in [-0.15, -0.1) is 0 Å². The van der Waals surface area contributed by atoms with Gasteiger partial charge >= 0.3 is 0 Å². The Morgan fingerprint density at radius 3 is 2.10 bits per heavy atom. The van der Waals surface area contributed by atoms with Gasteiger partial charge in [-0.05, 0) is 61.3 Å². The predicted molar refractivity (Wildman–Crippen MR) is 78.2 cm³/mol. The molecule has 0 bridgehead atoms. The molecule has 0 amide bonds. The molecule has 0 aliphatic rings. The van der Waals surface area contributed by atoms with Crippen molar-refractivity contribution in [2.24, 2.45) is 0 Å². The summed E-state index contributed by atoms with van der Waals surface area (Å²) in [5.41, 5.74) is 3.42. The summed E-state index contributed by atoms with van der Waals surface area (Å²) < 4.78 is 26.8. The van der Waals surface area contributed by atoms with E-state index in [0.717, 1.165) is 22.8 Å². The van der Waals surface area contributed by atoms with E-state index in [1.54, 1.807) is 7.05 Å². The van der Waals surface area contributed by atoms with Crippen LogP contribution in [-0.2, 0) is 0 Å². The summed E-state index contributed by atoms with van der Waals surface area (Å²) in [6.45, 7) is 3.84. The molecule has 0 saturated heterocycles. The zero-order valence-electron chi connectivity index (χ0n) is 11.6. The molecule has 20 heavy (non-hydrogen) atoms. The Hall–Kier alpha value is -1.45. The highest BCUT2D eigenvalue weighted by atomic mass is 35.5. The van der Waals surface area contributed by atoms with E-state index < -0.39 is 11.6 Å². The molecule has 1 unspecified atom stereocenters. The number of halogens is 3. The Kier molecular flexibility index (Phi) is 4.41. The molecule has 0 saturated carbocycles. The highest BCUT2D eigenvalue weighted by Gasteiger charge is 2.17. The number of rotatable bonds is 3. The van der Waals surface area contributed by atoms with Gasteiger partial charge in [-0.3, -0.25) is 0 Å². The third-order valence-electron chi connectivity index (χ3n) is 3.37. The largest absolute Gasteiger partial charge is 0.309 e. The van der Waals surface area contributed by atoms with Crippen molar-refractivity contribution in [3.8, 4) is 0 Å². The van der Waals surface area contributed by atoms with Gasteiger partial charge in [-0.2, -0.15) is 0 Å². The molecule has 1 N–H and O–H groups in total. The molecular formula is C16H16ClF2N. The van der Waals surface area contributed by atoms with Gasteiger partial charge in [-0.25, -0.2) is 8.78 Å². The van der Waals surface area contributed by atoms with E-state index in [0.29, 0.717) is 10.6 Å². The highest BCUT2D eigenvalue weighted by Crippen LogP contribution is 2.29. The van der Waals surface area contributed by atoms with Gasteiger partial charge in [-0.1, -0.05) is 17.7 Å². The Labute approximate surface area is 122 Å². The molecule has 0 radical (unpaired) electrons. The van der Waals surface area contributed by atoms with Crippen molar-refractivity contribution in [3.63, 3.8) is 0 Å². The minimum Gasteiger partial charge on any atom is -0.309 e. The first-order chi connectivity index (χ1) is 9.42. The summed E-state index contributed by atoms with van der Waals surface area (Å²) >= 11 is 6.09. The summed E-state index contributed by atoms with van der Waals surface area (Å²) in [6.07, 6.45) is 0. The van der Waals surface area contributed by atoms with Crippen LogP contribution in [0.4, 0.5) is 8.78 Å². The average Bonchev–Trinajstić information content (AvgIpc) is 2.35. The number of aryl methyl sites for hydroxylation is 2. The van der Waals surface area contributed by atoms with Crippen molar-refractivity contribution < 1.29 is 8.78 Å². The van der Waals surface area contributed by atoms with Gasteiger partial charge in [0, 0.05) is 11.1 Å². The zero-order valence-corrected chi connectivity index (χ0v) is 12.4. The fourth-order valence-electron chi connectivity index (χ4n) is 2.36. The Morgan fingerprint density at radius 2 is 1.55 bits per heavy atom. The molecule has 2 aromatic rings. The standard InChI is InChI=1S/C16H16ClF2N/c1-9-5-15(17)10(2)4-14(9)16(20-3)11-6-12(18)8-13(19)7-11/h4-8,16,20H,1-3H3. The van der Waals surface area contributed by atoms with Gasteiger partial charge in [0.15, 0.2) is 0 Å². The molecule has 1 nitrogen and oxygen atoms in total. The second-order valence-corrected chi connectivity index (χ2v) is 5.29.